The first-order valence-corrected chi connectivity index (χ1v) is 21.1. The van der Waals surface area contributed by atoms with Gasteiger partial charge in [0.05, 0.1) is 43.4 Å². The number of nitrogens with one attached hydrogen (secondary N) is 1. The number of hydrazone groups is 1. The molecule has 1 amide bonds. The Balaban J connectivity index is 0.000000547. The Kier molecular flexibility index (Phi) is 23.3. The van der Waals surface area contributed by atoms with Crippen molar-refractivity contribution in [3.8, 4) is 0 Å². The highest BCUT2D eigenvalue weighted by atomic mass is 35.5. The predicted octanol–water partition coefficient (Wildman–Crippen LogP) is 10.1. The number of carbonyl (C=O) groups is 5. The van der Waals surface area contributed by atoms with Gasteiger partial charge >= 0.3 is 17.9 Å². The van der Waals surface area contributed by atoms with Gasteiger partial charge in [0.15, 0.2) is 5.78 Å². The maximum Gasteiger partial charge on any atom is 0.337 e. The van der Waals surface area contributed by atoms with Crippen LogP contribution in [0.3, 0.4) is 0 Å². The lowest BCUT2D eigenvalue weighted by Gasteiger charge is -2.37. The Morgan fingerprint density at radius 1 is 0.735 bits per heavy atom. The average Bonchev–Trinajstić information content (AvgIpc) is 3.56. The van der Waals surface area contributed by atoms with Crippen molar-refractivity contribution in [3.05, 3.63) is 130 Å². The first-order valence-electron chi connectivity index (χ1n) is 20.8. The maximum absolute atomic E-state index is 13.6. The standard InChI is InChI=1S/C23H24FN3O3.C18H23NO5.C7H7ClFN.3CH4.H3N/c1-15-12-18(8-9-19(15)24)27-22(29)23(2)14-26(11-10-20(23)25-27)13-16-4-6-17(7-5-16)21(28)30-3;1-4-24-17(22)18(2)12-19(10-9-15(18)20)11-13-5-7-14(8-6-13)16(21)23-3;1-5-4-6(10-8)2-3-7(5)9;;;;/h4-9,12H,10-11,13-14H2,1-3H3;5-8H,4,9-12H2,1-3H3;2-4,10H,1H3;3*1H4;1H3. The Morgan fingerprint density at radius 3 is 1.69 bits per heavy atom. The number of anilines is 2. The zero-order valence-electron chi connectivity index (χ0n) is 37.8. The molecule has 4 N–H and O–H groups in total. The third kappa shape index (κ3) is 14.2. The summed E-state index contributed by atoms with van der Waals surface area (Å²) in [6.45, 7) is 12.5. The Morgan fingerprint density at radius 2 is 1.22 bits per heavy atom. The molecular weight excluding hydrogens is 898 g/mol. The average molecular weight is 968 g/mol. The van der Waals surface area contributed by atoms with Crippen molar-refractivity contribution in [2.24, 2.45) is 15.9 Å². The van der Waals surface area contributed by atoms with Gasteiger partial charge in [0, 0.05) is 69.6 Å². The number of aryl methyl sites for hydroxylation is 2. The Hall–Kier alpha value is -6.07. The van der Waals surface area contributed by atoms with Crippen LogP contribution in [0.25, 0.3) is 0 Å². The van der Waals surface area contributed by atoms with E-state index in [2.05, 4.69) is 24.5 Å². The molecule has 0 saturated carbocycles. The zero-order valence-corrected chi connectivity index (χ0v) is 38.6. The van der Waals surface area contributed by atoms with E-state index in [0.29, 0.717) is 79.2 Å². The van der Waals surface area contributed by atoms with Gasteiger partial charge in [-0.15, -0.1) is 0 Å². The largest absolute Gasteiger partial charge is 0.465 e. The summed E-state index contributed by atoms with van der Waals surface area (Å²) in [7, 11) is 2.70. The molecule has 0 spiro atoms. The van der Waals surface area contributed by atoms with Gasteiger partial charge in [0.1, 0.15) is 22.5 Å². The number of Topliss-reactive ketones (excluding diaryl/α,β-unsaturated/α-hetero) is 1. The van der Waals surface area contributed by atoms with Crippen molar-refractivity contribution >= 4 is 58.5 Å². The number of likely N-dealkylation sites (tertiary alicyclic amines) is 2. The maximum atomic E-state index is 13.6. The highest BCUT2D eigenvalue weighted by Gasteiger charge is 2.50. The fraction of sp³-hybridized carbons (Fsp3) is 0.412. The normalized spacial score (nSPS) is 18.4. The molecule has 14 nitrogen and oxygen atoms in total. The van der Waals surface area contributed by atoms with E-state index >= 15 is 0 Å². The van der Waals surface area contributed by atoms with E-state index in [1.165, 1.54) is 31.4 Å². The lowest BCUT2D eigenvalue weighted by Crippen LogP contribution is -2.52. The smallest absolute Gasteiger partial charge is 0.337 e. The summed E-state index contributed by atoms with van der Waals surface area (Å²) in [4.78, 5) is 67.3. The number of amides is 1. The highest BCUT2D eigenvalue weighted by molar-refractivity contribution is 6.24. The number of ether oxygens (including phenoxy) is 3. The summed E-state index contributed by atoms with van der Waals surface area (Å²) in [5, 5.41) is 6.00. The van der Waals surface area contributed by atoms with Gasteiger partial charge < -0.3 is 20.4 Å². The van der Waals surface area contributed by atoms with E-state index in [0.717, 1.165) is 23.4 Å². The lowest BCUT2D eigenvalue weighted by atomic mass is 9.79. The quantitative estimate of drug-likeness (QED) is 0.0665. The van der Waals surface area contributed by atoms with Crippen LogP contribution >= 0.6 is 11.8 Å². The third-order valence-corrected chi connectivity index (χ3v) is 11.7. The van der Waals surface area contributed by atoms with Gasteiger partial charge in [-0.25, -0.2) is 18.4 Å². The number of halogens is 3. The van der Waals surface area contributed by atoms with Crippen molar-refractivity contribution in [1.29, 1.82) is 0 Å². The van der Waals surface area contributed by atoms with Crippen molar-refractivity contribution in [2.75, 3.05) is 56.9 Å². The second-order valence-electron chi connectivity index (χ2n) is 16.3. The predicted molar refractivity (Wildman–Crippen MR) is 265 cm³/mol. The van der Waals surface area contributed by atoms with Gasteiger partial charge in [-0.2, -0.15) is 10.1 Å². The first kappa shape index (κ1) is 59.9. The van der Waals surface area contributed by atoms with Crippen LogP contribution in [0.4, 0.5) is 20.2 Å². The van der Waals surface area contributed by atoms with Crippen molar-refractivity contribution in [1.82, 2.24) is 16.0 Å². The van der Waals surface area contributed by atoms with E-state index in [-0.39, 0.29) is 70.3 Å². The van der Waals surface area contributed by atoms with Gasteiger partial charge in [-0.05, 0) is 118 Å². The van der Waals surface area contributed by atoms with Crippen LogP contribution in [0.15, 0.2) is 90.0 Å². The molecule has 0 aromatic heterocycles. The summed E-state index contributed by atoms with van der Waals surface area (Å²) < 4.78 is 40.7. The molecule has 2 unspecified atom stereocenters. The SMILES string of the molecule is C.C.C.CCOC(=O)C1(C)CN(Cc2ccc(C(=O)OC)cc2)CCC1=O.COC(=O)c1ccc(CN2CCC3=NN(c4ccc(F)c(C)c4)C(=O)C3(C)C2)cc1.Cc1cc(NCl)ccc1F.N. The third-order valence-electron chi connectivity index (χ3n) is 11.5. The van der Waals surface area contributed by atoms with Crippen LogP contribution in [-0.4, -0.2) is 92.1 Å². The summed E-state index contributed by atoms with van der Waals surface area (Å²) in [5.41, 5.74) is 4.49. The monoisotopic (exact) mass is 966 g/mol. The number of ketones is 1. The van der Waals surface area contributed by atoms with Crippen molar-refractivity contribution < 1.29 is 47.0 Å². The van der Waals surface area contributed by atoms with E-state index in [1.54, 1.807) is 76.2 Å². The molecule has 3 aliphatic rings. The highest BCUT2D eigenvalue weighted by Crippen LogP contribution is 2.38. The first-order chi connectivity index (χ1) is 30.5. The minimum Gasteiger partial charge on any atom is -0.465 e. The number of rotatable bonds is 10. The number of fused-ring (bicyclic) bond motifs is 1. The molecule has 17 heteroatoms. The fourth-order valence-corrected chi connectivity index (χ4v) is 7.80. The van der Waals surface area contributed by atoms with Crippen LogP contribution in [0.2, 0.25) is 0 Å². The van der Waals surface area contributed by atoms with Crippen LogP contribution in [-0.2, 0) is 41.7 Å². The second kappa shape index (κ2) is 26.5. The number of nitrogens with zero attached hydrogens (tertiary/aromatic N) is 4. The van der Waals surface area contributed by atoms with Crippen molar-refractivity contribution in [3.63, 3.8) is 0 Å². The Bertz CT molecular complexity index is 2390. The van der Waals surface area contributed by atoms with Crippen LogP contribution in [0.5, 0.6) is 0 Å². The van der Waals surface area contributed by atoms with Crippen molar-refractivity contribution in [2.45, 2.75) is 82.8 Å². The van der Waals surface area contributed by atoms with Crippen LogP contribution in [0.1, 0.15) is 98.9 Å². The van der Waals surface area contributed by atoms with Gasteiger partial charge in [-0.1, -0.05) is 46.5 Å². The zero-order chi connectivity index (χ0) is 46.8. The molecule has 2 fully saturated rings. The number of esters is 3. The van der Waals surface area contributed by atoms with Crippen LogP contribution in [0, 0.1) is 36.3 Å². The molecule has 2 atom stereocenters. The Labute approximate surface area is 405 Å². The van der Waals surface area contributed by atoms with E-state index < -0.39 is 16.8 Å². The molecule has 0 bridgehead atoms. The lowest BCUT2D eigenvalue weighted by molar-refractivity contribution is -0.162. The molecular formula is C51H69ClF2N6O8. The van der Waals surface area contributed by atoms with E-state index in [1.807, 2.05) is 31.2 Å². The molecule has 3 heterocycles. The molecule has 4 aromatic carbocycles. The molecule has 68 heavy (non-hydrogen) atoms. The number of benzene rings is 4. The number of carbonyl (C=O) groups excluding carboxylic acids is 5. The van der Waals surface area contributed by atoms with Gasteiger partial charge in [0.25, 0.3) is 5.91 Å². The molecule has 0 aliphatic carbocycles. The molecule has 0 radical (unpaired) electrons. The summed E-state index contributed by atoms with van der Waals surface area (Å²) in [6.07, 6.45) is 1.02. The van der Waals surface area contributed by atoms with Crippen LogP contribution < -0.4 is 16.0 Å². The molecule has 7 rings (SSSR count). The number of methoxy groups -OCH3 is 2. The number of piperidine rings is 2. The molecule has 3 aliphatic heterocycles. The fourth-order valence-electron chi connectivity index (χ4n) is 7.68. The molecule has 4 aromatic rings. The minimum absolute atomic E-state index is 0. The van der Waals surface area contributed by atoms with E-state index in [9.17, 15) is 32.8 Å². The molecule has 372 valence electrons. The van der Waals surface area contributed by atoms with Gasteiger partial charge in [0.2, 0.25) is 0 Å². The van der Waals surface area contributed by atoms with E-state index in [4.69, 9.17) is 21.3 Å². The molecule has 2 saturated heterocycles. The number of hydrogen-bond donors (Lipinski definition) is 2. The summed E-state index contributed by atoms with van der Waals surface area (Å²) in [5.74, 6) is -1.87. The summed E-state index contributed by atoms with van der Waals surface area (Å²) in [6, 6.07) is 23.6. The second-order valence-corrected chi connectivity index (χ2v) is 16.5. The summed E-state index contributed by atoms with van der Waals surface area (Å²) >= 11 is 5.28. The number of hydrogen-bond acceptors (Lipinski definition) is 13. The minimum atomic E-state index is -1.11. The van der Waals surface area contributed by atoms with Gasteiger partial charge in [-0.3, -0.25) is 29.0 Å². The topological polar surface area (TPSA) is 182 Å².